The zero-order chi connectivity index (χ0) is 20.7. The predicted octanol–water partition coefficient (Wildman–Crippen LogP) is 3.05. The minimum Gasteiger partial charge on any atom is -0.495 e. The van der Waals surface area contributed by atoms with Crippen LogP contribution in [0.25, 0.3) is 0 Å². The summed E-state index contributed by atoms with van der Waals surface area (Å²) in [6, 6.07) is 10.9. The molecule has 0 aliphatic heterocycles. The summed E-state index contributed by atoms with van der Waals surface area (Å²) in [6.45, 7) is 3.45. The molecule has 9 heteroatoms. The number of hydrogen-bond donors (Lipinski definition) is 2. The lowest BCUT2D eigenvalue weighted by Gasteiger charge is -2.11. The lowest BCUT2D eigenvalue weighted by atomic mass is 10.2. The van der Waals surface area contributed by atoms with E-state index in [2.05, 4.69) is 15.8 Å². The van der Waals surface area contributed by atoms with E-state index in [1.807, 2.05) is 13.0 Å². The molecule has 0 spiro atoms. The van der Waals surface area contributed by atoms with Crippen LogP contribution in [-0.4, -0.2) is 29.6 Å². The number of nitrogens with zero attached hydrogens (tertiary/aromatic N) is 2. The molecule has 0 heterocycles. The van der Waals surface area contributed by atoms with Crippen LogP contribution in [0.3, 0.4) is 0 Å². The van der Waals surface area contributed by atoms with Gasteiger partial charge < -0.3 is 10.1 Å². The molecule has 0 radical (unpaired) electrons. The monoisotopic (exact) mass is 384 g/mol. The van der Waals surface area contributed by atoms with Crippen LogP contribution in [0, 0.1) is 17.0 Å². The van der Waals surface area contributed by atoms with Crippen LogP contribution in [0.2, 0.25) is 0 Å². The van der Waals surface area contributed by atoms with E-state index in [-0.39, 0.29) is 23.6 Å². The summed E-state index contributed by atoms with van der Waals surface area (Å²) >= 11 is 0. The molecule has 0 saturated heterocycles. The van der Waals surface area contributed by atoms with Crippen LogP contribution < -0.4 is 15.5 Å². The van der Waals surface area contributed by atoms with Gasteiger partial charge in [0.1, 0.15) is 11.3 Å². The first-order chi connectivity index (χ1) is 13.3. The highest BCUT2D eigenvalue weighted by Gasteiger charge is 2.19. The average molecular weight is 384 g/mol. The van der Waals surface area contributed by atoms with Crippen LogP contribution in [0.15, 0.2) is 47.6 Å². The molecule has 2 N–H and O–H groups in total. The molecule has 0 bridgehead atoms. The SMILES string of the molecule is COc1ccc(C)cc1NC(=O)CC(C)=NNC(=O)c1ccccc1[N+](=O)[O-]. The quantitative estimate of drug-likeness (QED) is 0.431. The molecule has 0 unspecified atom stereocenters. The minimum atomic E-state index is -0.729. The highest BCUT2D eigenvalue weighted by molar-refractivity contribution is 6.06. The van der Waals surface area contributed by atoms with E-state index in [4.69, 9.17) is 4.74 Å². The third-order valence-electron chi connectivity index (χ3n) is 3.74. The second-order valence-electron chi connectivity index (χ2n) is 5.99. The predicted molar refractivity (Wildman–Crippen MR) is 105 cm³/mol. The molecule has 0 aliphatic carbocycles. The van der Waals surface area contributed by atoms with Gasteiger partial charge in [0.15, 0.2) is 0 Å². The van der Waals surface area contributed by atoms with E-state index in [0.717, 1.165) is 5.56 Å². The van der Waals surface area contributed by atoms with Crippen molar-refractivity contribution in [2.24, 2.45) is 5.10 Å². The van der Waals surface area contributed by atoms with Crippen LogP contribution in [0.1, 0.15) is 29.3 Å². The molecule has 146 valence electrons. The van der Waals surface area contributed by atoms with Crippen molar-refractivity contribution in [3.63, 3.8) is 0 Å². The smallest absolute Gasteiger partial charge is 0.282 e. The van der Waals surface area contributed by atoms with Gasteiger partial charge in [-0.3, -0.25) is 19.7 Å². The molecule has 0 atom stereocenters. The Bertz CT molecular complexity index is 940. The van der Waals surface area contributed by atoms with Crippen LogP contribution >= 0.6 is 0 Å². The van der Waals surface area contributed by atoms with Gasteiger partial charge in [0, 0.05) is 11.8 Å². The average Bonchev–Trinajstić information content (AvgIpc) is 2.66. The van der Waals surface area contributed by atoms with Gasteiger partial charge in [0.2, 0.25) is 5.91 Å². The Morgan fingerprint density at radius 3 is 2.61 bits per heavy atom. The molecule has 0 aromatic heterocycles. The molecule has 0 aliphatic rings. The Labute approximate surface area is 161 Å². The van der Waals surface area contributed by atoms with E-state index < -0.39 is 10.8 Å². The van der Waals surface area contributed by atoms with E-state index in [1.54, 1.807) is 19.1 Å². The molecule has 9 nitrogen and oxygen atoms in total. The van der Waals surface area contributed by atoms with Crippen molar-refractivity contribution in [1.82, 2.24) is 5.43 Å². The third-order valence-corrected chi connectivity index (χ3v) is 3.74. The number of carbonyl (C=O) groups excluding carboxylic acids is 2. The number of para-hydroxylation sites is 1. The lowest BCUT2D eigenvalue weighted by Crippen LogP contribution is -2.22. The van der Waals surface area contributed by atoms with Gasteiger partial charge in [-0.05, 0) is 37.6 Å². The summed E-state index contributed by atoms with van der Waals surface area (Å²) in [5, 5.41) is 17.6. The molecule has 0 fully saturated rings. The zero-order valence-electron chi connectivity index (χ0n) is 15.7. The number of nitro benzene ring substituents is 1. The Morgan fingerprint density at radius 1 is 1.21 bits per heavy atom. The summed E-state index contributed by atoms with van der Waals surface area (Å²) in [6.07, 6.45) is -0.0751. The molecule has 2 aromatic carbocycles. The number of rotatable bonds is 7. The third kappa shape index (κ3) is 5.37. The number of anilines is 1. The largest absolute Gasteiger partial charge is 0.495 e. The topological polar surface area (TPSA) is 123 Å². The molecule has 0 saturated carbocycles. The van der Waals surface area contributed by atoms with Gasteiger partial charge in [-0.25, -0.2) is 5.43 Å². The first-order valence-electron chi connectivity index (χ1n) is 8.33. The maximum Gasteiger partial charge on any atom is 0.282 e. The zero-order valence-corrected chi connectivity index (χ0v) is 15.7. The van der Waals surface area contributed by atoms with Crippen molar-refractivity contribution in [2.75, 3.05) is 12.4 Å². The number of methoxy groups -OCH3 is 1. The number of nitrogens with one attached hydrogen (secondary N) is 2. The first kappa shape index (κ1) is 20.6. The van der Waals surface area contributed by atoms with E-state index in [0.29, 0.717) is 17.1 Å². The summed E-state index contributed by atoms with van der Waals surface area (Å²) in [5.74, 6) is -0.546. The molecular formula is C19H20N4O5. The van der Waals surface area contributed by atoms with E-state index in [9.17, 15) is 19.7 Å². The Hall–Kier alpha value is -3.75. The molecular weight excluding hydrogens is 364 g/mol. The maximum absolute atomic E-state index is 12.2. The maximum atomic E-state index is 12.2. The number of carbonyl (C=O) groups is 2. The molecule has 28 heavy (non-hydrogen) atoms. The summed E-state index contributed by atoms with van der Waals surface area (Å²) in [5.41, 5.74) is 3.62. The fourth-order valence-electron chi connectivity index (χ4n) is 2.42. The van der Waals surface area contributed by atoms with Crippen molar-refractivity contribution < 1.29 is 19.2 Å². The number of hydrogen-bond acceptors (Lipinski definition) is 6. The normalized spacial score (nSPS) is 10.9. The Balaban J connectivity index is 2.01. The Morgan fingerprint density at radius 2 is 1.93 bits per heavy atom. The molecule has 2 rings (SSSR count). The fraction of sp³-hybridized carbons (Fsp3) is 0.211. The van der Waals surface area contributed by atoms with Crippen LogP contribution in [-0.2, 0) is 4.79 Å². The highest BCUT2D eigenvalue weighted by atomic mass is 16.6. The standard InChI is InChI=1S/C19H20N4O5/c1-12-8-9-17(28-3)15(10-12)20-18(24)11-13(2)21-22-19(25)14-6-4-5-7-16(14)23(26)27/h4-10H,11H2,1-3H3,(H,20,24)(H,22,25). The van der Waals surface area contributed by atoms with Crippen molar-refractivity contribution in [2.45, 2.75) is 20.3 Å². The van der Waals surface area contributed by atoms with Crippen molar-refractivity contribution in [3.05, 3.63) is 63.7 Å². The van der Waals surface area contributed by atoms with E-state index >= 15 is 0 Å². The van der Waals surface area contributed by atoms with Gasteiger partial charge in [-0.15, -0.1) is 0 Å². The molecule has 2 amide bonds. The number of benzene rings is 2. The number of aryl methyl sites for hydroxylation is 1. The van der Waals surface area contributed by atoms with Gasteiger partial charge in [-0.2, -0.15) is 5.10 Å². The van der Waals surface area contributed by atoms with Crippen LogP contribution in [0.5, 0.6) is 5.75 Å². The Kier molecular flexibility index (Phi) is 6.80. The minimum absolute atomic E-state index is 0.0751. The summed E-state index contributed by atoms with van der Waals surface area (Å²) < 4.78 is 5.21. The van der Waals surface area contributed by atoms with Crippen LogP contribution in [0.4, 0.5) is 11.4 Å². The second kappa shape index (κ2) is 9.26. The number of ether oxygens (including phenoxy) is 1. The lowest BCUT2D eigenvalue weighted by molar-refractivity contribution is -0.385. The molecule has 2 aromatic rings. The second-order valence-corrected chi connectivity index (χ2v) is 5.99. The van der Waals surface area contributed by atoms with Gasteiger partial charge in [0.05, 0.1) is 24.1 Å². The van der Waals surface area contributed by atoms with Crippen molar-refractivity contribution in [1.29, 1.82) is 0 Å². The van der Waals surface area contributed by atoms with Gasteiger partial charge >= 0.3 is 0 Å². The number of nitro groups is 1. The fourth-order valence-corrected chi connectivity index (χ4v) is 2.42. The number of hydrazone groups is 1. The van der Waals surface area contributed by atoms with Crippen molar-refractivity contribution >= 4 is 28.9 Å². The first-order valence-corrected chi connectivity index (χ1v) is 8.33. The van der Waals surface area contributed by atoms with E-state index in [1.165, 1.54) is 31.4 Å². The number of amides is 2. The van der Waals surface area contributed by atoms with Gasteiger partial charge in [-0.1, -0.05) is 18.2 Å². The van der Waals surface area contributed by atoms with Crippen molar-refractivity contribution in [3.8, 4) is 5.75 Å². The highest BCUT2D eigenvalue weighted by Crippen LogP contribution is 2.25. The summed E-state index contributed by atoms with van der Waals surface area (Å²) in [7, 11) is 1.51. The summed E-state index contributed by atoms with van der Waals surface area (Å²) in [4.78, 5) is 34.7. The van der Waals surface area contributed by atoms with Gasteiger partial charge in [0.25, 0.3) is 11.6 Å².